The fourth-order valence-corrected chi connectivity index (χ4v) is 8.04. The number of aryl methyl sites for hydroxylation is 1. The molecule has 274 valence electrons. The molecule has 1 unspecified atom stereocenters. The largest absolute Gasteiger partial charge is 0.488 e. The highest BCUT2D eigenvalue weighted by Gasteiger charge is 2.67. The topological polar surface area (TPSA) is 143 Å². The van der Waals surface area contributed by atoms with E-state index in [4.69, 9.17) is 15.2 Å². The standard InChI is InChI=1S/C39H41F3N4O6/c40-28-12-13-29(41)34(33(28)42)51-16-4-7-23-8-10-25(11-9-23)27-18-39(38(14-15-38)37(43)50)22-46(35(48)30-17-26(47)19-44-30)20-31(45-39)32(27)36(49)52-21-24-5-2-1-3-6-24/h1-3,5-6,8-13,26,30-31,44-45,47H,4,7,14-22H2,(H2,43,50)/t26-,30?,31+,39-/m1/s1. The lowest BCUT2D eigenvalue weighted by molar-refractivity contribution is -0.144. The Morgan fingerprint density at radius 2 is 1.69 bits per heavy atom. The van der Waals surface area contributed by atoms with E-state index in [1.165, 1.54) is 0 Å². The van der Waals surface area contributed by atoms with E-state index >= 15 is 0 Å². The van der Waals surface area contributed by atoms with Crippen molar-refractivity contribution in [3.8, 4) is 5.75 Å². The zero-order valence-electron chi connectivity index (χ0n) is 28.5. The van der Waals surface area contributed by atoms with Gasteiger partial charge in [0.1, 0.15) is 6.61 Å². The molecule has 3 aromatic carbocycles. The maximum Gasteiger partial charge on any atom is 0.336 e. The van der Waals surface area contributed by atoms with Gasteiger partial charge >= 0.3 is 5.97 Å². The number of nitrogens with zero attached hydrogens (tertiary/aromatic N) is 1. The molecule has 2 saturated heterocycles. The number of primary amides is 1. The number of ether oxygens (including phenoxy) is 2. The molecular formula is C39H41F3N4O6. The Morgan fingerprint density at radius 3 is 2.37 bits per heavy atom. The van der Waals surface area contributed by atoms with Crippen molar-refractivity contribution in [2.24, 2.45) is 11.1 Å². The molecule has 0 aromatic heterocycles. The fraction of sp³-hybridized carbons (Fsp3) is 0.410. The summed E-state index contributed by atoms with van der Waals surface area (Å²) >= 11 is 0. The molecule has 13 heteroatoms. The van der Waals surface area contributed by atoms with Crippen molar-refractivity contribution in [2.75, 3.05) is 26.2 Å². The highest BCUT2D eigenvalue weighted by molar-refractivity contribution is 6.01. The molecule has 0 spiro atoms. The second kappa shape index (κ2) is 14.4. The Hall–Kier alpha value is -4.72. The Labute approximate surface area is 299 Å². The van der Waals surface area contributed by atoms with E-state index < -0.39 is 64.2 Å². The highest BCUT2D eigenvalue weighted by atomic mass is 19.2. The van der Waals surface area contributed by atoms with Crippen LogP contribution in [0.3, 0.4) is 0 Å². The van der Waals surface area contributed by atoms with Crippen LogP contribution in [-0.4, -0.2) is 77.8 Å². The summed E-state index contributed by atoms with van der Waals surface area (Å²) in [7, 11) is 0. The van der Waals surface area contributed by atoms with Gasteiger partial charge in [0.15, 0.2) is 17.4 Å². The number of esters is 1. The number of rotatable bonds is 12. The van der Waals surface area contributed by atoms with Gasteiger partial charge in [0, 0.05) is 19.6 Å². The van der Waals surface area contributed by atoms with Gasteiger partial charge in [-0.25, -0.2) is 13.6 Å². The molecule has 2 amide bonds. The summed E-state index contributed by atoms with van der Waals surface area (Å²) in [6.07, 6.45) is 1.81. The molecule has 3 fully saturated rings. The number of hydrogen-bond donors (Lipinski definition) is 4. The number of aliphatic hydroxyl groups is 1. The Kier molecular flexibility index (Phi) is 9.85. The summed E-state index contributed by atoms with van der Waals surface area (Å²) in [5, 5.41) is 16.8. The maximum atomic E-state index is 14.1. The van der Waals surface area contributed by atoms with Crippen molar-refractivity contribution in [3.63, 3.8) is 0 Å². The molecule has 1 aliphatic carbocycles. The lowest BCUT2D eigenvalue weighted by Crippen LogP contribution is -2.74. The summed E-state index contributed by atoms with van der Waals surface area (Å²) in [6.45, 7) is 0.637. The van der Waals surface area contributed by atoms with E-state index in [2.05, 4.69) is 10.6 Å². The summed E-state index contributed by atoms with van der Waals surface area (Å²) in [5.41, 5.74) is 7.70. The number of benzene rings is 3. The summed E-state index contributed by atoms with van der Waals surface area (Å²) in [4.78, 5) is 42.8. The van der Waals surface area contributed by atoms with E-state index in [0.29, 0.717) is 49.4 Å². The van der Waals surface area contributed by atoms with Crippen LogP contribution in [0.2, 0.25) is 0 Å². The second-order valence-electron chi connectivity index (χ2n) is 14.2. The number of nitrogens with two attached hydrogens (primary N) is 1. The van der Waals surface area contributed by atoms with Crippen LogP contribution < -0.4 is 21.1 Å². The predicted molar refractivity (Wildman–Crippen MR) is 184 cm³/mol. The minimum Gasteiger partial charge on any atom is -0.488 e. The number of halogens is 3. The third-order valence-corrected chi connectivity index (χ3v) is 10.9. The number of carbonyl (C=O) groups is 3. The summed E-state index contributed by atoms with van der Waals surface area (Å²) < 4.78 is 52.6. The van der Waals surface area contributed by atoms with Crippen LogP contribution in [-0.2, 0) is 32.1 Å². The molecule has 4 aliphatic rings. The molecule has 10 nitrogen and oxygen atoms in total. The van der Waals surface area contributed by atoms with Crippen molar-refractivity contribution in [2.45, 2.75) is 68.9 Å². The van der Waals surface area contributed by atoms with E-state index in [0.717, 1.165) is 22.8 Å². The quantitative estimate of drug-likeness (QED) is 0.127. The van der Waals surface area contributed by atoms with E-state index in [1.54, 1.807) is 4.90 Å². The average molecular weight is 719 g/mol. The van der Waals surface area contributed by atoms with Crippen LogP contribution in [0.4, 0.5) is 13.2 Å². The summed E-state index contributed by atoms with van der Waals surface area (Å²) in [6, 6.07) is 17.1. The lowest BCUT2D eigenvalue weighted by Gasteiger charge is -2.55. The lowest BCUT2D eigenvalue weighted by atomic mass is 9.67. The number of piperazine rings is 1. The monoisotopic (exact) mass is 718 g/mol. The molecule has 3 aromatic rings. The first kappa shape index (κ1) is 35.7. The maximum absolute atomic E-state index is 14.1. The number of nitrogens with one attached hydrogen (secondary N) is 2. The smallest absolute Gasteiger partial charge is 0.336 e. The summed E-state index contributed by atoms with van der Waals surface area (Å²) in [5.74, 6) is -5.51. The molecule has 2 bridgehead atoms. The van der Waals surface area contributed by atoms with Crippen LogP contribution in [0.5, 0.6) is 5.75 Å². The highest BCUT2D eigenvalue weighted by Crippen LogP contribution is 2.59. The van der Waals surface area contributed by atoms with Gasteiger partial charge in [-0.3, -0.25) is 14.9 Å². The minimum atomic E-state index is -1.37. The van der Waals surface area contributed by atoms with Crippen LogP contribution in [0.1, 0.15) is 48.8 Å². The first-order valence-electron chi connectivity index (χ1n) is 17.6. The second-order valence-corrected chi connectivity index (χ2v) is 14.2. The number of hydrogen-bond acceptors (Lipinski definition) is 8. The van der Waals surface area contributed by atoms with Crippen molar-refractivity contribution >= 4 is 23.4 Å². The van der Waals surface area contributed by atoms with E-state index in [9.17, 15) is 32.7 Å². The van der Waals surface area contributed by atoms with Gasteiger partial charge < -0.3 is 30.5 Å². The zero-order valence-corrected chi connectivity index (χ0v) is 28.5. The number of aliphatic hydroxyl groups excluding tert-OH is 1. The van der Waals surface area contributed by atoms with Gasteiger partial charge in [0.2, 0.25) is 17.6 Å². The number of amides is 2. The molecule has 52 heavy (non-hydrogen) atoms. The van der Waals surface area contributed by atoms with Crippen LogP contribution in [0, 0.1) is 22.9 Å². The SMILES string of the molecule is NC(=O)C1([C@@]23CC(c4ccc(CCCOc5c(F)ccc(F)c5F)cc4)=C(C(=O)OCc4ccccc4)[C@H](CN(C(=O)C4C[C@@H](O)CN4)C2)N3)CC1. The Morgan fingerprint density at radius 1 is 0.962 bits per heavy atom. The van der Waals surface area contributed by atoms with Crippen LogP contribution >= 0.6 is 0 Å². The van der Waals surface area contributed by atoms with Crippen molar-refractivity contribution in [3.05, 3.63) is 106 Å². The average Bonchev–Trinajstić information content (AvgIpc) is 3.87. The molecule has 3 aliphatic heterocycles. The van der Waals surface area contributed by atoms with Crippen molar-refractivity contribution in [1.29, 1.82) is 0 Å². The normalized spacial score (nSPS) is 24.8. The van der Waals surface area contributed by atoms with Crippen LogP contribution in [0.15, 0.2) is 72.3 Å². The van der Waals surface area contributed by atoms with Crippen LogP contribution in [0.25, 0.3) is 5.57 Å². The van der Waals surface area contributed by atoms with Crippen molar-refractivity contribution < 1.29 is 42.1 Å². The number of carbonyl (C=O) groups excluding carboxylic acids is 3. The minimum absolute atomic E-state index is 0.0382. The van der Waals surface area contributed by atoms with Gasteiger partial charge in [-0.15, -0.1) is 0 Å². The number of β-amino-alcohol motifs (C(OH)–C–C–N with tert-alkyl or cyclic N) is 1. The first-order valence-corrected chi connectivity index (χ1v) is 17.6. The van der Waals surface area contributed by atoms with Gasteiger partial charge in [-0.1, -0.05) is 54.6 Å². The molecule has 3 heterocycles. The van der Waals surface area contributed by atoms with E-state index in [1.807, 2.05) is 54.6 Å². The molecule has 5 N–H and O–H groups in total. The molecular weight excluding hydrogens is 677 g/mol. The Balaban J connectivity index is 1.17. The van der Waals surface area contributed by atoms with Gasteiger partial charge in [0.25, 0.3) is 0 Å². The predicted octanol–water partition coefficient (Wildman–Crippen LogP) is 3.54. The Bertz CT molecular complexity index is 1890. The molecule has 1 saturated carbocycles. The third-order valence-electron chi connectivity index (χ3n) is 10.9. The third kappa shape index (κ3) is 6.80. The first-order chi connectivity index (χ1) is 25.0. The van der Waals surface area contributed by atoms with E-state index in [-0.39, 0.29) is 45.1 Å². The fourth-order valence-electron chi connectivity index (χ4n) is 8.04. The van der Waals surface area contributed by atoms with Gasteiger partial charge in [-0.2, -0.15) is 4.39 Å². The molecule has 4 atom stereocenters. The van der Waals surface area contributed by atoms with Gasteiger partial charge in [0.05, 0.1) is 41.3 Å². The molecule has 7 rings (SSSR count). The zero-order chi connectivity index (χ0) is 36.6. The molecule has 0 radical (unpaired) electrons. The van der Waals surface area contributed by atoms with Gasteiger partial charge in [-0.05, 0) is 72.9 Å². The van der Waals surface area contributed by atoms with Crippen molar-refractivity contribution in [1.82, 2.24) is 15.5 Å². The number of fused-ring (bicyclic) bond motifs is 2.